The lowest BCUT2D eigenvalue weighted by Crippen LogP contribution is -2.56. The predicted molar refractivity (Wildman–Crippen MR) is 77.1 cm³/mol. The van der Waals surface area contributed by atoms with Crippen molar-refractivity contribution in [1.29, 1.82) is 0 Å². The van der Waals surface area contributed by atoms with Gasteiger partial charge in [-0.05, 0) is 20.8 Å². The standard InChI is InChI=1S/C13H21N3O7/c1-6(14)12(21)16(9(17)4-5-10(18)19)8(3)11(20)15-7(2)13(22)23/h6-8H,4-5,14H2,1-3H3,(H,15,20)(H,18,19)(H,22,23)/t6-,7-,8-/m0/s1. The molecule has 0 fully saturated rings. The smallest absolute Gasteiger partial charge is 0.325 e. The van der Waals surface area contributed by atoms with Crippen LogP contribution in [0, 0.1) is 0 Å². The first kappa shape index (κ1) is 20.5. The Kier molecular flexibility index (Phi) is 7.88. The fourth-order valence-corrected chi connectivity index (χ4v) is 1.60. The third kappa shape index (κ3) is 6.43. The maximum atomic E-state index is 12.0. The van der Waals surface area contributed by atoms with Crippen molar-refractivity contribution in [2.24, 2.45) is 5.73 Å². The lowest BCUT2D eigenvalue weighted by molar-refractivity contribution is -0.154. The summed E-state index contributed by atoms with van der Waals surface area (Å²) in [6.45, 7) is 3.75. The van der Waals surface area contributed by atoms with Crippen molar-refractivity contribution >= 4 is 29.7 Å². The van der Waals surface area contributed by atoms with Crippen LogP contribution in [0.3, 0.4) is 0 Å². The number of nitrogens with zero attached hydrogens (tertiary/aromatic N) is 1. The molecular formula is C13H21N3O7. The summed E-state index contributed by atoms with van der Waals surface area (Å²) in [6.07, 6.45) is -0.999. The molecule has 0 aliphatic rings. The Labute approximate surface area is 132 Å². The van der Waals surface area contributed by atoms with Gasteiger partial charge in [0, 0.05) is 6.42 Å². The van der Waals surface area contributed by atoms with Gasteiger partial charge in [0.15, 0.2) is 0 Å². The number of aliphatic carboxylic acids is 2. The Hall–Kier alpha value is -2.49. The van der Waals surface area contributed by atoms with Crippen LogP contribution in [0.15, 0.2) is 0 Å². The van der Waals surface area contributed by atoms with Gasteiger partial charge >= 0.3 is 11.9 Å². The molecule has 0 aliphatic carbocycles. The molecule has 0 saturated carbocycles. The summed E-state index contributed by atoms with van der Waals surface area (Å²) in [5.41, 5.74) is 5.43. The van der Waals surface area contributed by atoms with Crippen molar-refractivity contribution in [2.75, 3.05) is 0 Å². The van der Waals surface area contributed by atoms with Gasteiger partial charge in [0.1, 0.15) is 12.1 Å². The van der Waals surface area contributed by atoms with Crippen LogP contribution in [0.1, 0.15) is 33.6 Å². The van der Waals surface area contributed by atoms with Crippen molar-refractivity contribution in [3.05, 3.63) is 0 Å². The zero-order valence-corrected chi connectivity index (χ0v) is 13.1. The maximum Gasteiger partial charge on any atom is 0.325 e. The van der Waals surface area contributed by atoms with Crippen molar-refractivity contribution in [1.82, 2.24) is 10.2 Å². The zero-order valence-electron chi connectivity index (χ0n) is 13.1. The summed E-state index contributed by atoms with van der Waals surface area (Å²) in [5.74, 6) is -5.11. The average Bonchev–Trinajstić information content (AvgIpc) is 2.44. The molecule has 0 aliphatic heterocycles. The van der Waals surface area contributed by atoms with Crippen LogP contribution < -0.4 is 11.1 Å². The number of carbonyl (C=O) groups excluding carboxylic acids is 3. The van der Waals surface area contributed by atoms with Crippen molar-refractivity contribution in [3.63, 3.8) is 0 Å². The lowest BCUT2D eigenvalue weighted by Gasteiger charge is -2.28. The Balaban J connectivity index is 5.22. The molecule has 10 heteroatoms. The Bertz CT molecular complexity index is 504. The molecule has 0 spiro atoms. The van der Waals surface area contributed by atoms with E-state index in [-0.39, 0.29) is 0 Å². The van der Waals surface area contributed by atoms with Gasteiger partial charge in [0.2, 0.25) is 17.7 Å². The fourth-order valence-electron chi connectivity index (χ4n) is 1.60. The van der Waals surface area contributed by atoms with Gasteiger partial charge < -0.3 is 21.3 Å². The van der Waals surface area contributed by atoms with E-state index >= 15 is 0 Å². The number of nitrogens with two attached hydrogens (primary N) is 1. The minimum Gasteiger partial charge on any atom is -0.481 e. The molecule has 23 heavy (non-hydrogen) atoms. The first-order valence-corrected chi connectivity index (χ1v) is 6.85. The van der Waals surface area contributed by atoms with E-state index in [2.05, 4.69) is 5.32 Å². The topological polar surface area (TPSA) is 167 Å². The van der Waals surface area contributed by atoms with E-state index in [1.165, 1.54) is 20.8 Å². The van der Waals surface area contributed by atoms with Crippen LogP contribution >= 0.6 is 0 Å². The highest BCUT2D eigenvalue weighted by atomic mass is 16.4. The molecule has 0 bridgehead atoms. The molecule has 3 atom stereocenters. The third-order valence-electron chi connectivity index (χ3n) is 2.94. The SMILES string of the molecule is C[C@H](N)C(=O)N(C(=O)CCC(=O)O)[C@@H](C)C(=O)N[C@@H](C)C(=O)O. The van der Waals surface area contributed by atoms with Gasteiger partial charge in [-0.3, -0.25) is 28.9 Å². The van der Waals surface area contributed by atoms with Gasteiger partial charge in [0.25, 0.3) is 0 Å². The number of carbonyl (C=O) groups is 5. The Morgan fingerprint density at radius 1 is 1.04 bits per heavy atom. The highest BCUT2D eigenvalue weighted by Crippen LogP contribution is 2.08. The van der Waals surface area contributed by atoms with Gasteiger partial charge in [-0.2, -0.15) is 0 Å². The quantitative estimate of drug-likeness (QED) is 0.418. The highest BCUT2D eigenvalue weighted by Gasteiger charge is 2.33. The van der Waals surface area contributed by atoms with Gasteiger partial charge in [-0.25, -0.2) is 0 Å². The first-order valence-electron chi connectivity index (χ1n) is 6.85. The minimum atomic E-state index is -1.32. The molecule has 10 nitrogen and oxygen atoms in total. The van der Waals surface area contributed by atoms with E-state index in [4.69, 9.17) is 15.9 Å². The van der Waals surface area contributed by atoms with Crippen molar-refractivity contribution in [2.45, 2.75) is 51.7 Å². The number of nitrogens with one attached hydrogen (secondary N) is 1. The molecule has 0 aromatic rings. The maximum absolute atomic E-state index is 12.0. The van der Waals surface area contributed by atoms with Crippen LogP contribution in [0.4, 0.5) is 0 Å². The molecule has 0 heterocycles. The van der Waals surface area contributed by atoms with Gasteiger partial charge in [-0.1, -0.05) is 0 Å². The monoisotopic (exact) mass is 331 g/mol. The van der Waals surface area contributed by atoms with E-state index in [1.54, 1.807) is 0 Å². The second kappa shape index (κ2) is 8.83. The lowest BCUT2D eigenvalue weighted by atomic mass is 10.1. The molecule has 0 aromatic heterocycles. The normalized spacial score (nSPS) is 14.3. The van der Waals surface area contributed by atoms with Gasteiger partial charge in [0.05, 0.1) is 12.5 Å². The van der Waals surface area contributed by atoms with E-state index in [9.17, 15) is 24.0 Å². The van der Waals surface area contributed by atoms with Crippen LogP contribution in [-0.4, -0.2) is 62.9 Å². The summed E-state index contributed by atoms with van der Waals surface area (Å²) < 4.78 is 0. The summed E-state index contributed by atoms with van der Waals surface area (Å²) in [6, 6.07) is -3.63. The molecule has 5 N–H and O–H groups in total. The second-order valence-corrected chi connectivity index (χ2v) is 5.03. The number of carboxylic acid groups (broad SMARTS) is 2. The molecule has 0 aromatic carbocycles. The molecule has 0 unspecified atom stereocenters. The minimum absolute atomic E-state index is 0.486. The number of rotatable bonds is 8. The van der Waals surface area contributed by atoms with E-state index in [1.807, 2.05) is 0 Å². The average molecular weight is 331 g/mol. The zero-order chi connectivity index (χ0) is 18.3. The van der Waals surface area contributed by atoms with Crippen molar-refractivity contribution < 1.29 is 34.2 Å². The molecule has 130 valence electrons. The van der Waals surface area contributed by atoms with Crippen LogP contribution in [0.2, 0.25) is 0 Å². The number of hydrogen-bond donors (Lipinski definition) is 4. The number of hydrogen-bond acceptors (Lipinski definition) is 6. The second-order valence-electron chi connectivity index (χ2n) is 5.03. The predicted octanol–water partition coefficient (Wildman–Crippen LogP) is -1.47. The Morgan fingerprint density at radius 3 is 1.96 bits per heavy atom. The van der Waals surface area contributed by atoms with Crippen LogP contribution in [0.5, 0.6) is 0 Å². The number of imide groups is 1. The molecule has 0 radical (unpaired) electrons. The van der Waals surface area contributed by atoms with E-state index in [0.29, 0.717) is 4.90 Å². The summed E-state index contributed by atoms with van der Waals surface area (Å²) in [5, 5.41) is 19.5. The van der Waals surface area contributed by atoms with Crippen LogP contribution in [-0.2, 0) is 24.0 Å². The van der Waals surface area contributed by atoms with E-state index < -0.39 is 60.6 Å². The van der Waals surface area contributed by atoms with Gasteiger partial charge in [-0.15, -0.1) is 0 Å². The fraction of sp³-hybridized carbons (Fsp3) is 0.615. The molecule has 0 rings (SSSR count). The molecular weight excluding hydrogens is 310 g/mol. The molecule has 0 saturated heterocycles. The Morgan fingerprint density at radius 2 is 1.57 bits per heavy atom. The largest absolute Gasteiger partial charge is 0.481 e. The summed E-state index contributed by atoms with van der Waals surface area (Å²) >= 11 is 0. The van der Waals surface area contributed by atoms with Crippen LogP contribution in [0.25, 0.3) is 0 Å². The third-order valence-corrected chi connectivity index (χ3v) is 2.94. The highest BCUT2D eigenvalue weighted by molar-refractivity contribution is 6.02. The van der Waals surface area contributed by atoms with E-state index in [0.717, 1.165) is 0 Å². The summed E-state index contributed by atoms with van der Waals surface area (Å²) in [7, 11) is 0. The molecule has 3 amide bonds. The number of carboxylic acids is 2. The summed E-state index contributed by atoms with van der Waals surface area (Å²) in [4.78, 5) is 57.9. The number of amides is 3. The van der Waals surface area contributed by atoms with Crippen molar-refractivity contribution in [3.8, 4) is 0 Å². The first-order chi connectivity index (χ1) is 10.5.